The first-order valence-electron chi connectivity index (χ1n) is 7.10. The zero-order valence-corrected chi connectivity index (χ0v) is 12.1. The summed E-state index contributed by atoms with van der Waals surface area (Å²) in [6, 6.07) is 5.52. The number of sulfonamides is 1. The lowest BCUT2D eigenvalue weighted by molar-refractivity contribution is 0.322. The average Bonchev–Trinajstić information content (AvgIpc) is 3.09. The largest absolute Gasteiger partial charge is 0.312 e. The monoisotopic (exact) mass is 298 g/mol. The summed E-state index contributed by atoms with van der Waals surface area (Å²) in [6.45, 7) is 1.48. The number of hydrogen-bond donors (Lipinski definition) is 1. The van der Waals surface area contributed by atoms with E-state index in [4.69, 9.17) is 0 Å². The summed E-state index contributed by atoms with van der Waals surface area (Å²) in [7, 11) is -3.59. The Morgan fingerprint density at radius 3 is 2.80 bits per heavy atom. The van der Waals surface area contributed by atoms with Gasteiger partial charge in [0.2, 0.25) is 10.0 Å². The molecule has 2 aliphatic rings. The van der Waals surface area contributed by atoms with E-state index < -0.39 is 15.8 Å². The molecule has 0 saturated carbocycles. The maximum absolute atomic E-state index is 13.3. The van der Waals surface area contributed by atoms with Crippen molar-refractivity contribution in [1.82, 2.24) is 9.62 Å². The summed E-state index contributed by atoms with van der Waals surface area (Å²) in [5.74, 6) is -0.513. The van der Waals surface area contributed by atoms with Crippen LogP contribution in [0.15, 0.2) is 29.2 Å². The van der Waals surface area contributed by atoms with Gasteiger partial charge in [-0.3, -0.25) is 0 Å². The summed E-state index contributed by atoms with van der Waals surface area (Å²) < 4.78 is 40.2. The topological polar surface area (TPSA) is 49.4 Å². The fourth-order valence-electron chi connectivity index (χ4n) is 3.27. The van der Waals surface area contributed by atoms with Crippen molar-refractivity contribution in [3.8, 4) is 0 Å². The zero-order valence-electron chi connectivity index (χ0n) is 11.3. The van der Waals surface area contributed by atoms with Gasteiger partial charge >= 0.3 is 0 Å². The number of nitrogens with zero attached hydrogens (tertiary/aromatic N) is 1. The summed E-state index contributed by atoms with van der Waals surface area (Å²) in [5, 5.41) is 3.38. The van der Waals surface area contributed by atoms with Crippen LogP contribution in [0.25, 0.3) is 0 Å². The minimum atomic E-state index is -3.59. The molecule has 2 aliphatic heterocycles. The highest BCUT2D eigenvalue weighted by molar-refractivity contribution is 7.89. The quantitative estimate of drug-likeness (QED) is 0.924. The van der Waals surface area contributed by atoms with Gasteiger partial charge in [-0.05, 0) is 50.4 Å². The zero-order chi connectivity index (χ0) is 14.2. The van der Waals surface area contributed by atoms with Gasteiger partial charge in [-0.25, -0.2) is 12.8 Å². The third kappa shape index (κ3) is 2.47. The minimum Gasteiger partial charge on any atom is -0.312 e. The van der Waals surface area contributed by atoms with Crippen molar-refractivity contribution >= 4 is 10.0 Å². The molecule has 2 saturated heterocycles. The lowest BCUT2D eigenvalue weighted by Crippen LogP contribution is -2.46. The fraction of sp³-hybridized carbons (Fsp3) is 0.571. The van der Waals surface area contributed by atoms with Gasteiger partial charge in [0.05, 0.1) is 4.90 Å². The molecule has 0 aliphatic carbocycles. The highest BCUT2D eigenvalue weighted by Gasteiger charge is 2.40. The maximum Gasteiger partial charge on any atom is 0.243 e. The predicted octanol–water partition coefficient (Wildman–Crippen LogP) is 1.73. The predicted molar refractivity (Wildman–Crippen MR) is 74.3 cm³/mol. The summed E-state index contributed by atoms with van der Waals surface area (Å²) in [5.41, 5.74) is 0. The molecule has 1 N–H and O–H groups in total. The van der Waals surface area contributed by atoms with Crippen LogP contribution in [0.3, 0.4) is 0 Å². The Bertz CT molecular complexity index is 585. The van der Waals surface area contributed by atoms with Crippen LogP contribution in [0.2, 0.25) is 0 Å². The molecule has 1 aromatic carbocycles. The molecule has 2 unspecified atom stereocenters. The Kier molecular flexibility index (Phi) is 3.79. The lowest BCUT2D eigenvalue weighted by Gasteiger charge is -2.28. The molecule has 0 radical (unpaired) electrons. The Morgan fingerprint density at radius 1 is 1.25 bits per heavy atom. The second-order valence-corrected chi connectivity index (χ2v) is 7.38. The van der Waals surface area contributed by atoms with Crippen LogP contribution in [0.5, 0.6) is 0 Å². The van der Waals surface area contributed by atoms with E-state index in [0.29, 0.717) is 6.54 Å². The number of rotatable bonds is 3. The lowest BCUT2D eigenvalue weighted by atomic mass is 10.1. The molecule has 0 spiro atoms. The SMILES string of the molecule is O=S(=O)(c1cccc(F)c1)N1CCCC1C1CCCN1. The molecule has 6 heteroatoms. The van der Waals surface area contributed by atoms with E-state index in [1.54, 1.807) is 4.31 Å². The van der Waals surface area contributed by atoms with Crippen molar-refractivity contribution in [2.24, 2.45) is 0 Å². The molecule has 2 atom stereocenters. The molecule has 110 valence electrons. The van der Waals surface area contributed by atoms with E-state index >= 15 is 0 Å². The Hall–Kier alpha value is -0.980. The Labute approximate surface area is 119 Å². The van der Waals surface area contributed by atoms with Crippen molar-refractivity contribution in [3.05, 3.63) is 30.1 Å². The normalized spacial score (nSPS) is 28.1. The van der Waals surface area contributed by atoms with Gasteiger partial charge in [-0.2, -0.15) is 4.31 Å². The van der Waals surface area contributed by atoms with E-state index in [9.17, 15) is 12.8 Å². The summed E-state index contributed by atoms with van der Waals surface area (Å²) in [6.07, 6.45) is 3.86. The average molecular weight is 298 g/mol. The van der Waals surface area contributed by atoms with Gasteiger partial charge < -0.3 is 5.32 Å². The first kappa shape index (κ1) is 14.0. The van der Waals surface area contributed by atoms with Crippen molar-refractivity contribution in [2.45, 2.75) is 42.7 Å². The van der Waals surface area contributed by atoms with Gasteiger partial charge in [0, 0.05) is 18.6 Å². The first-order valence-corrected chi connectivity index (χ1v) is 8.54. The highest BCUT2D eigenvalue weighted by atomic mass is 32.2. The van der Waals surface area contributed by atoms with Gasteiger partial charge in [-0.15, -0.1) is 0 Å². The van der Waals surface area contributed by atoms with Gasteiger partial charge in [0.25, 0.3) is 0 Å². The van der Waals surface area contributed by atoms with E-state index in [1.807, 2.05) is 0 Å². The van der Waals surface area contributed by atoms with Crippen LogP contribution < -0.4 is 5.32 Å². The number of halogens is 1. The molecular weight excluding hydrogens is 279 g/mol. The van der Waals surface area contributed by atoms with Crippen LogP contribution >= 0.6 is 0 Å². The highest BCUT2D eigenvalue weighted by Crippen LogP contribution is 2.30. The standard InChI is InChI=1S/C14H19FN2O2S/c15-11-4-1-5-12(10-11)20(18,19)17-9-3-7-14(17)13-6-2-8-16-13/h1,4-5,10,13-14,16H,2-3,6-9H2. The van der Waals surface area contributed by atoms with Crippen LogP contribution in [0, 0.1) is 5.82 Å². The van der Waals surface area contributed by atoms with Gasteiger partial charge in [-0.1, -0.05) is 6.07 Å². The van der Waals surface area contributed by atoms with Crippen molar-refractivity contribution in [3.63, 3.8) is 0 Å². The summed E-state index contributed by atoms with van der Waals surface area (Å²) >= 11 is 0. The van der Waals surface area contributed by atoms with E-state index in [1.165, 1.54) is 18.2 Å². The van der Waals surface area contributed by atoms with Crippen molar-refractivity contribution < 1.29 is 12.8 Å². The smallest absolute Gasteiger partial charge is 0.243 e. The Balaban J connectivity index is 1.89. The maximum atomic E-state index is 13.3. The molecule has 1 aromatic rings. The molecule has 4 nitrogen and oxygen atoms in total. The third-order valence-electron chi connectivity index (χ3n) is 4.21. The van der Waals surface area contributed by atoms with E-state index in [0.717, 1.165) is 38.3 Å². The number of nitrogens with one attached hydrogen (secondary N) is 1. The molecule has 2 fully saturated rings. The van der Waals surface area contributed by atoms with Gasteiger partial charge in [0.15, 0.2) is 0 Å². The van der Waals surface area contributed by atoms with Crippen LogP contribution in [0.1, 0.15) is 25.7 Å². The second-order valence-electron chi connectivity index (χ2n) is 5.49. The van der Waals surface area contributed by atoms with Crippen LogP contribution in [-0.4, -0.2) is 37.9 Å². The second kappa shape index (κ2) is 5.42. The first-order chi connectivity index (χ1) is 9.59. The fourth-order valence-corrected chi connectivity index (χ4v) is 5.03. The molecule has 0 amide bonds. The molecule has 0 aromatic heterocycles. The molecule has 0 bridgehead atoms. The van der Waals surface area contributed by atoms with Crippen molar-refractivity contribution in [2.75, 3.05) is 13.1 Å². The Morgan fingerprint density at radius 2 is 2.10 bits per heavy atom. The van der Waals surface area contributed by atoms with Gasteiger partial charge in [0.1, 0.15) is 5.82 Å². The number of hydrogen-bond acceptors (Lipinski definition) is 3. The van der Waals surface area contributed by atoms with E-state index in [-0.39, 0.29) is 17.0 Å². The van der Waals surface area contributed by atoms with E-state index in [2.05, 4.69) is 5.32 Å². The molecule has 20 heavy (non-hydrogen) atoms. The van der Waals surface area contributed by atoms with Crippen LogP contribution in [0.4, 0.5) is 4.39 Å². The number of benzene rings is 1. The minimum absolute atomic E-state index is 0.00534. The van der Waals surface area contributed by atoms with Crippen molar-refractivity contribution in [1.29, 1.82) is 0 Å². The summed E-state index contributed by atoms with van der Waals surface area (Å²) in [4.78, 5) is 0.0578. The molecule has 3 rings (SSSR count). The molecular formula is C14H19FN2O2S. The molecule has 2 heterocycles. The van der Waals surface area contributed by atoms with Crippen LogP contribution in [-0.2, 0) is 10.0 Å². The third-order valence-corrected chi connectivity index (χ3v) is 6.13.